The zero-order valence-corrected chi connectivity index (χ0v) is 10.7. The largest absolute Gasteiger partial charge is 0.368 e. The third-order valence-electron chi connectivity index (χ3n) is 2.61. The highest BCUT2D eigenvalue weighted by Crippen LogP contribution is 2.19. The Hall–Kier alpha value is -2.18. The first-order valence-corrected chi connectivity index (χ1v) is 5.91. The first kappa shape index (κ1) is 13.3. The highest BCUT2D eigenvalue weighted by atomic mass is 19.1. The van der Waals surface area contributed by atoms with Crippen LogP contribution in [0.25, 0.3) is 0 Å². The monoisotopic (exact) mass is 267 g/mol. The molecular weight excluding hydrogens is 252 g/mol. The summed E-state index contributed by atoms with van der Waals surface area (Å²) in [6.07, 6.45) is 3.44. The molecule has 2 N–H and O–H groups in total. The molecule has 2 heterocycles. The molecule has 0 spiro atoms. The topological polar surface area (TPSA) is 54.8 Å². The minimum atomic E-state index is -0.728. The minimum Gasteiger partial charge on any atom is -0.368 e. The van der Waals surface area contributed by atoms with E-state index < -0.39 is 11.6 Å². The SMILES string of the molecule is CCNc1nc(NCc2nccn2C)c(F)cc1F. The van der Waals surface area contributed by atoms with E-state index in [9.17, 15) is 8.78 Å². The maximum atomic E-state index is 13.6. The van der Waals surface area contributed by atoms with Gasteiger partial charge < -0.3 is 15.2 Å². The summed E-state index contributed by atoms with van der Waals surface area (Å²) in [6.45, 7) is 2.63. The summed E-state index contributed by atoms with van der Waals surface area (Å²) in [5.41, 5.74) is 0. The van der Waals surface area contributed by atoms with E-state index in [1.54, 1.807) is 17.0 Å². The third-order valence-corrected chi connectivity index (χ3v) is 2.61. The number of nitrogens with zero attached hydrogens (tertiary/aromatic N) is 3. The molecule has 0 radical (unpaired) electrons. The molecule has 0 unspecified atom stereocenters. The molecule has 0 saturated carbocycles. The van der Waals surface area contributed by atoms with Crippen molar-refractivity contribution in [3.05, 3.63) is 35.9 Å². The van der Waals surface area contributed by atoms with Gasteiger partial charge in [-0.15, -0.1) is 0 Å². The molecule has 2 rings (SSSR count). The number of rotatable bonds is 5. The summed E-state index contributed by atoms with van der Waals surface area (Å²) in [6, 6.07) is 0.811. The number of pyridine rings is 1. The second-order valence-corrected chi connectivity index (χ2v) is 3.99. The zero-order chi connectivity index (χ0) is 13.8. The average molecular weight is 267 g/mol. The van der Waals surface area contributed by atoms with Gasteiger partial charge in [-0.05, 0) is 6.92 Å². The van der Waals surface area contributed by atoms with Crippen LogP contribution in [0.1, 0.15) is 12.7 Å². The zero-order valence-electron chi connectivity index (χ0n) is 10.7. The van der Waals surface area contributed by atoms with Gasteiger partial charge in [-0.2, -0.15) is 0 Å². The van der Waals surface area contributed by atoms with Crippen LogP contribution in [0.5, 0.6) is 0 Å². The van der Waals surface area contributed by atoms with E-state index in [-0.39, 0.29) is 11.6 Å². The van der Waals surface area contributed by atoms with E-state index in [0.29, 0.717) is 13.1 Å². The van der Waals surface area contributed by atoms with Gasteiger partial charge in [0.25, 0.3) is 0 Å². The van der Waals surface area contributed by atoms with Gasteiger partial charge in [0, 0.05) is 32.1 Å². The van der Waals surface area contributed by atoms with Gasteiger partial charge in [0.1, 0.15) is 5.82 Å². The summed E-state index contributed by atoms with van der Waals surface area (Å²) < 4.78 is 28.8. The van der Waals surface area contributed by atoms with Gasteiger partial charge in [0.2, 0.25) is 0 Å². The van der Waals surface area contributed by atoms with Gasteiger partial charge in [-0.3, -0.25) is 0 Å². The lowest BCUT2D eigenvalue weighted by molar-refractivity contribution is 0.577. The lowest BCUT2D eigenvalue weighted by Gasteiger charge is -2.10. The van der Waals surface area contributed by atoms with Crippen molar-refractivity contribution in [3.63, 3.8) is 0 Å². The van der Waals surface area contributed by atoms with E-state index in [2.05, 4.69) is 20.6 Å². The van der Waals surface area contributed by atoms with E-state index >= 15 is 0 Å². The summed E-state index contributed by atoms with van der Waals surface area (Å²) in [4.78, 5) is 7.98. The maximum absolute atomic E-state index is 13.6. The Labute approximate surface area is 109 Å². The van der Waals surface area contributed by atoms with Crippen LogP contribution in [0.3, 0.4) is 0 Å². The second-order valence-electron chi connectivity index (χ2n) is 3.99. The molecule has 0 saturated heterocycles. The summed E-state index contributed by atoms with van der Waals surface area (Å²) >= 11 is 0. The van der Waals surface area contributed by atoms with Crippen molar-refractivity contribution in [1.82, 2.24) is 14.5 Å². The Morgan fingerprint density at radius 1 is 1.21 bits per heavy atom. The lowest BCUT2D eigenvalue weighted by Crippen LogP contribution is -2.11. The van der Waals surface area contributed by atoms with Crippen molar-refractivity contribution in [1.29, 1.82) is 0 Å². The molecule has 0 aliphatic carbocycles. The number of hydrogen-bond acceptors (Lipinski definition) is 4. The van der Waals surface area contributed by atoms with Crippen molar-refractivity contribution in [3.8, 4) is 0 Å². The van der Waals surface area contributed by atoms with Crippen LogP contribution in [-0.4, -0.2) is 21.1 Å². The van der Waals surface area contributed by atoms with Gasteiger partial charge in [-0.25, -0.2) is 18.7 Å². The molecule has 0 aromatic carbocycles. The number of imidazole rings is 1. The first-order chi connectivity index (χ1) is 9.11. The Bertz CT molecular complexity index is 567. The highest BCUT2D eigenvalue weighted by molar-refractivity contribution is 5.47. The summed E-state index contributed by atoms with van der Waals surface area (Å²) in [7, 11) is 1.84. The van der Waals surface area contributed by atoms with E-state index in [0.717, 1.165) is 11.9 Å². The van der Waals surface area contributed by atoms with Crippen LogP contribution in [0.15, 0.2) is 18.5 Å². The predicted octanol–water partition coefficient (Wildman–Crippen LogP) is 2.14. The Kier molecular flexibility index (Phi) is 3.94. The fourth-order valence-electron chi connectivity index (χ4n) is 1.61. The van der Waals surface area contributed by atoms with Gasteiger partial charge in [0.05, 0.1) is 6.54 Å². The van der Waals surface area contributed by atoms with E-state index in [4.69, 9.17) is 0 Å². The quantitative estimate of drug-likeness (QED) is 0.871. The normalized spacial score (nSPS) is 10.5. The van der Waals surface area contributed by atoms with E-state index in [1.165, 1.54) is 0 Å². The molecule has 0 aliphatic rings. The molecule has 19 heavy (non-hydrogen) atoms. The van der Waals surface area contributed by atoms with Crippen molar-refractivity contribution >= 4 is 11.6 Å². The number of aryl methyl sites for hydroxylation is 1. The van der Waals surface area contributed by atoms with Crippen LogP contribution >= 0.6 is 0 Å². The van der Waals surface area contributed by atoms with Crippen LogP contribution < -0.4 is 10.6 Å². The van der Waals surface area contributed by atoms with Crippen molar-refractivity contribution in [2.45, 2.75) is 13.5 Å². The molecular formula is C12H15F2N5. The van der Waals surface area contributed by atoms with Crippen molar-refractivity contribution < 1.29 is 8.78 Å². The molecule has 0 bridgehead atoms. The van der Waals surface area contributed by atoms with E-state index in [1.807, 2.05) is 14.0 Å². The summed E-state index contributed by atoms with van der Waals surface area (Å²) in [5.74, 6) is -0.669. The Morgan fingerprint density at radius 2 is 1.89 bits per heavy atom. The molecule has 7 heteroatoms. The molecule has 2 aromatic rings. The molecule has 0 atom stereocenters. The van der Waals surface area contributed by atoms with Crippen LogP contribution in [0.2, 0.25) is 0 Å². The third kappa shape index (κ3) is 2.98. The summed E-state index contributed by atoms with van der Waals surface area (Å²) in [5, 5.41) is 5.54. The lowest BCUT2D eigenvalue weighted by atomic mass is 10.4. The van der Waals surface area contributed by atoms with Gasteiger partial charge in [-0.1, -0.05) is 0 Å². The number of halogens is 2. The van der Waals surface area contributed by atoms with Crippen LogP contribution in [-0.2, 0) is 13.6 Å². The minimum absolute atomic E-state index is 0.000324. The molecule has 0 fully saturated rings. The molecule has 0 aliphatic heterocycles. The van der Waals surface area contributed by atoms with Crippen molar-refractivity contribution in [2.75, 3.05) is 17.2 Å². The number of aromatic nitrogens is 3. The van der Waals surface area contributed by atoms with Crippen molar-refractivity contribution in [2.24, 2.45) is 7.05 Å². The number of anilines is 2. The Morgan fingerprint density at radius 3 is 2.47 bits per heavy atom. The number of hydrogen-bond donors (Lipinski definition) is 2. The molecule has 2 aromatic heterocycles. The maximum Gasteiger partial charge on any atom is 0.168 e. The standard InChI is InChI=1S/C12H15F2N5/c1-3-15-11-8(13)6-9(14)12(18-11)17-7-10-16-4-5-19(10)2/h4-6H,3,7H2,1-2H3,(H2,15,17,18). The smallest absolute Gasteiger partial charge is 0.168 e. The average Bonchev–Trinajstić information content (AvgIpc) is 2.77. The fraction of sp³-hybridized carbons (Fsp3) is 0.333. The fourth-order valence-corrected chi connectivity index (χ4v) is 1.61. The molecule has 0 amide bonds. The van der Waals surface area contributed by atoms with Gasteiger partial charge >= 0.3 is 0 Å². The highest BCUT2D eigenvalue weighted by Gasteiger charge is 2.11. The Balaban J connectivity index is 2.15. The van der Waals surface area contributed by atoms with Crippen LogP contribution in [0.4, 0.5) is 20.4 Å². The van der Waals surface area contributed by atoms with Crippen LogP contribution in [0, 0.1) is 11.6 Å². The molecule has 102 valence electrons. The van der Waals surface area contributed by atoms with Gasteiger partial charge in [0.15, 0.2) is 23.3 Å². The first-order valence-electron chi connectivity index (χ1n) is 5.91. The second kappa shape index (κ2) is 5.64. The number of nitrogens with one attached hydrogen (secondary N) is 2. The molecule has 5 nitrogen and oxygen atoms in total. The predicted molar refractivity (Wildman–Crippen MR) is 68.9 cm³/mol.